The molecule has 0 aromatic heterocycles. The van der Waals surface area contributed by atoms with Gasteiger partial charge in [-0.05, 0) is 18.6 Å². The van der Waals surface area contributed by atoms with Gasteiger partial charge in [0.1, 0.15) is 0 Å². The molecule has 1 aromatic carbocycles. The molecule has 90 valence electrons. The van der Waals surface area contributed by atoms with Crippen molar-refractivity contribution in [2.45, 2.75) is 19.4 Å². The molecule has 6 heteroatoms. The van der Waals surface area contributed by atoms with E-state index < -0.39 is 23.6 Å². The fourth-order valence-corrected chi connectivity index (χ4v) is 1.25. The predicted octanol–water partition coefficient (Wildman–Crippen LogP) is 2.06. The summed E-state index contributed by atoms with van der Waals surface area (Å²) in [5, 5.41) is 18.0. The van der Waals surface area contributed by atoms with Gasteiger partial charge < -0.3 is 15.9 Å². The van der Waals surface area contributed by atoms with Gasteiger partial charge >= 0.3 is 5.97 Å². The second-order valence-corrected chi connectivity index (χ2v) is 3.22. The third-order valence-electron chi connectivity index (χ3n) is 2.18. The molecule has 4 nitrogen and oxygen atoms in total. The van der Waals surface area contributed by atoms with Crippen molar-refractivity contribution in [2.75, 3.05) is 0 Å². The summed E-state index contributed by atoms with van der Waals surface area (Å²) in [6, 6.07) is 1.39. The highest BCUT2D eigenvalue weighted by atomic mass is 35.5. The molecule has 0 amide bonds. The van der Waals surface area contributed by atoms with Crippen LogP contribution in [0, 0.1) is 5.82 Å². The number of aromatic hydroxyl groups is 1. The van der Waals surface area contributed by atoms with Crippen molar-refractivity contribution in [2.24, 2.45) is 5.73 Å². The molecule has 0 saturated heterocycles. The van der Waals surface area contributed by atoms with Gasteiger partial charge in [-0.3, -0.25) is 0 Å². The second kappa shape index (κ2) is 5.67. The molecule has 1 atom stereocenters. The maximum Gasteiger partial charge on any atom is 0.335 e. The summed E-state index contributed by atoms with van der Waals surface area (Å²) in [5.74, 6) is -2.79. The van der Waals surface area contributed by atoms with Crippen molar-refractivity contribution < 1.29 is 19.4 Å². The maximum absolute atomic E-state index is 13.1. The average molecular weight is 250 g/mol. The second-order valence-electron chi connectivity index (χ2n) is 3.22. The molecule has 0 heterocycles. The van der Waals surface area contributed by atoms with Crippen LogP contribution in [0.4, 0.5) is 4.39 Å². The molecule has 1 rings (SSSR count). The van der Waals surface area contributed by atoms with Gasteiger partial charge in [-0.15, -0.1) is 12.4 Å². The molecule has 4 N–H and O–H groups in total. The first-order valence-electron chi connectivity index (χ1n) is 4.48. The summed E-state index contributed by atoms with van der Waals surface area (Å²) in [6.45, 7) is 1.76. The normalized spacial score (nSPS) is 11.7. The van der Waals surface area contributed by atoms with E-state index in [2.05, 4.69) is 0 Å². The van der Waals surface area contributed by atoms with Crippen LogP contribution in [0.25, 0.3) is 0 Å². The minimum atomic E-state index is -1.25. The number of carboxylic acid groups (broad SMARTS) is 1. The number of rotatable bonds is 3. The fourth-order valence-electron chi connectivity index (χ4n) is 1.25. The lowest BCUT2D eigenvalue weighted by molar-refractivity contribution is 0.0696. The Morgan fingerprint density at radius 2 is 2.12 bits per heavy atom. The van der Waals surface area contributed by atoms with Crippen molar-refractivity contribution >= 4 is 18.4 Å². The first-order valence-corrected chi connectivity index (χ1v) is 4.48. The molecule has 0 aliphatic carbocycles. The minimum Gasteiger partial charge on any atom is -0.505 e. The number of carboxylic acids is 1. The van der Waals surface area contributed by atoms with Gasteiger partial charge in [-0.1, -0.05) is 6.92 Å². The number of halogens is 2. The van der Waals surface area contributed by atoms with Crippen LogP contribution < -0.4 is 5.73 Å². The van der Waals surface area contributed by atoms with Crippen LogP contribution in [0.5, 0.6) is 5.75 Å². The quantitative estimate of drug-likeness (QED) is 0.766. The Kier molecular flexibility index (Phi) is 5.20. The summed E-state index contributed by atoms with van der Waals surface area (Å²) >= 11 is 0. The lowest BCUT2D eigenvalue weighted by Gasteiger charge is -2.12. The van der Waals surface area contributed by atoms with Crippen LogP contribution in [0.15, 0.2) is 12.1 Å². The Morgan fingerprint density at radius 1 is 1.56 bits per heavy atom. The first kappa shape index (κ1) is 14.7. The van der Waals surface area contributed by atoms with E-state index >= 15 is 0 Å². The van der Waals surface area contributed by atoms with Crippen molar-refractivity contribution in [3.63, 3.8) is 0 Å². The first-order chi connectivity index (χ1) is 6.97. The number of hydrogen-bond acceptors (Lipinski definition) is 3. The van der Waals surface area contributed by atoms with E-state index in [0.29, 0.717) is 6.42 Å². The number of phenolic OH excluding ortho intramolecular Hbond substituents is 1. The SMILES string of the molecule is CC[C@H](N)c1cc(C(=O)O)cc(F)c1O.Cl. The highest BCUT2D eigenvalue weighted by Crippen LogP contribution is 2.28. The van der Waals surface area contributed by atoms with Crippen LogP contribution in [0.1, 0.15) is 35.3 Å². The van der Waals surface area contributed by atoms with Crippen LogP contribution in [-0.4, -0.2) is 16.2 Å². The number of benzene rings is 1. The molecule has 0 aliphatic heterocycles. The Morgan fingerprint density at radius 3 is 2.56 bits per heavy atom. The summed E-state index contributed by atoms with van der Waals surface area (Å²) in [5.41, 5.74) is 5.52. The Labute approximate surface area is 98.3 Å². The maximum atomic E-state index is 13.1. The molecular formula is C10H13ClFNO3. The topological polar surface area (TPSA) is 83.6 Å². The van der Waals surface area contributed by atoms with Gasteiger partial charge in [-0.2, -0.15) is 0 Å². The minimum absolute atomic E-state index is 0. The summed E-state index contributed by atoms with van der Waals surface area (Å²) in [7, 11) is 0. The number of aromatic carboxylic acids is 1. The van der Waals surface area contributed by atoms with Crippen molar-refractivity contribution in [1.82, 2.24) is 0 Å². The summed E-state index contributed by atoms with van der Waals surface area (Å²) in [4.78, 5) is 10.6. The van der Waals surface area contributed by atoms with E-state index in [1.807, 2.05) is 0 Å². The monoisotopic (exact) mass is 249 g/mol. The van der Waals surface area contributed by atoms with Crippen LogP contribution in [-0.2, 0) is 0 Å². The van der Waals surface area contributed by atoms with E-state index in [9.17, 15) is 14.3 Å². The van der Waals surface area contributed by atoms with Gasteiger partial charge in [0.05, 0.1) is 5.56 Å². The fraction of sp³-hybridized carbons (Fsp3) is 0.300. The lowest BCUT2D eigenvalue weighted by atomic mass is 10.0. The molecule has 0 unspecified atom stereocenters. The van der Waals surface area contributed by atoms with Crippen LogP contribution in [0.3, 0.4) is 0 Å². The van der Waals surface area contributed by atoms with Crippen molar-refractivity contribution in [3.8, 4) is 5.75 Å². The number of carbonyl (C=O) groups is 1. The molecule has 1 aromatic rings. The van der Waals surface area contributed by atoms with E-state index in [1.165, 1.54) is 6.07 Å². The largest absolute Gasteiger partial charge is 0.505 e. The third-order valence-corrected chi connectivity index (χ3v) is 2.18. The highest BCUT2D eigenvalue weighted by Gasteiger charge is 2.17. The van der Waals surface area contributed by atoms with E-state index in [4.69, 9.17) is 10.8 Å². The Hall–Kier alpha value is -1.33. The Balaban J connectivity index is 0.00000225. The van der Waals surface area contributed by atoms with E-state index in [0.717, 1.165) is 6.07 Å². The smallest absolute Gasteiger partial charge is 0.335 e. The molecule has 0 fully saturated rings. The van der Waals surface area contributed by atoms with Gasteiger partial charge in [0.25, 0.3) is 0 Å². The third kappa shape index (κ3) is 2.84. The van der Waals surface area contributed by atoms with Crippen LogP contribution >= 0.6 is 12.4 Å². The summed E-state index contributed by atoms with van der Waals surface area (Å²) in [6.07, 6.45) is 0.482. The number of nitrogens with two attached hydrogens (primary N) is 1. The number of hydrogen-bond donors (Lipinski definition) is 3. The number of phenols is 1. The van der Waals surface area contributed by atoms with Crippen molar-refractivity contribution in [3.05, 3.63) is 29.1 Å². The average Bonchev–Trinajstić information content (AvgIpc) is 2.20. The van der Waals surface area contributed by atoms with E-state index in [1.54, 1.807) is 6.92 Å². The zero-order valence-corrected chi connectivity index (χ0v) is 9.42. The van der Waals surface area contributed by atoms with Gasteiger partial charge in [0.15, 0.2) is 11.6 Å². The molecule has 16 heavy (non-hydrogen) atoms. The van der Waals surface area contributed by atoms with Crippen molar-refractivity contribution in [1.29, 1.82) is 0 Å². The zero-order chi connectivity index (χ0) is 11.6. The molecule has 0 aliphatic rings. The zero-order valence-electron chi connectivity index (χ0n) is 8.61. The van der Waals surface area contributed by atoms with Crippen LogP contribution in [0.2, 0.25) is 0 Å². The highest BCUT2D eigenvalue weighted by molar-refractivity contribution is 5.88. The molecule has 0 bridgehead atoms. The molecule has 0 saturated carbocycles. The lowest BCUT2D eigenvalue weighted by Crippen LogP contribution is -2.11. The molecular weight excluding hydrogens is 237 g/mol. The molecule has 0 radical (unpaired) electrons. The standard InChI is InChI=1S/C10H12FNO3.ClH/c1-2-8(12)6-3-5(10(14)15)4-7(11)9(6)13;/h3-4,8,13H,2,12H2,1H3,(H,14,15);1H/t8-;/m0./s1. The van der Waals surface area contributed by atoms with E-state index in [-0.39, 0.29) is 23.5 Å². The Bertz CT molecular complexity index is 398. The van der Waals surface area contributed by atoms with Gasteiger partial charge in [-0.25, -0.2) is 9.18 Å². The molecule has 0 spiro atoms. The van der Waals surface area contributed by atoms with Gasteiger partial charge in [0, 0.05) is 11.6 Å². The summed E-state index contributed by atoms with van der Waals surface area (Å²) < 4.78 is 13.1. The van der Waals surface area contributed by atoms with Gasteiger partial charge in [0.2, 0.25) is 0 Å². The predicted molar refractivity (Wildman–Crippen MR) is 59.5 cm³/mol.